The van der Waals surface area contributed by atoms with Gasteiger partial charge in [-0.05, 0) is 18.1 Å². The lowest BCUT2D eigenvalue weighted by Gasteiger charge is -2.22. The van der Waals surface area contributed by atoms with Crippen molar-refractivity contribution < 1.29 is 23.8 Å². The van der Waals surface area contributed by atoms with Crippen LogP contribution in [0.4, 0.5) is 0 Å². The highest BCUT2D eigenvalue weighted by molar-refractivity contribution is 5.85. The molecule has 2 atom stereocenters. The Morgan fingerprint density at radius 2 is 2.00 bits per heavy atom. The van der Waals surface area contributed by atoms with Crippen LogP contribution in [0.5, 0.6) is 11.5 Å². The third-order valence-electron chi connectivity index (χ3n) is 3.64. The third-order valence-corrected chi connectivity index (χ3v) is 3.64. The van der Waals surface area contributed by atoms with Crippen LogP contribution in [-0.4, -0.2) is 38.7 Å². The predicted octanol–water partition coefficient (Wildman–Crippen LogP) is 1.65. The van der Waals surface area contributed by atoms with E-state index in [0.29, 0.717) is 23.5 Å². The van der Waals surface area contributed by atoms with E-state index in [1.165, 1.54) is 20.3 Å². The molecule has 0 aromatic heterocycles. The van der Waals surface area contributed by atoms with E-state index in [1.807, 2.05) is 19.9 Å². The second kappa shape index (κ2) is 9.40. The number of nitrogens with one attached hydrogen (secondary N) is 1. The number of ether oxygens (including phenoxy) is 3. The fourth-order valence-corrected chi connectivity index (χ4v) is 2.01. The summed E-state index contributed by atoms with van der Waals surface area (Å²) in [6.45, 7) is 3.49. The smallest absolute Gasteiger partial charge is 0.328 e. The second-order valence-corrected chi connectivity index (χ2v) is 5.22. The Labute approximate surface area is 141 Å². The minimum Gasteiger partial charge on any atom is -0.493 e. The van der Waals surface area contributed by atoms with E-state index in [1.54, 1.807) is 12.1 Å². The highest BCUT2D eigenvalue weighted by Crippen LogP contribution is 2.27. The molecule has 0 aliphatic rings. The van der Waals surface area contributed by atoms with E-state index < -0.39 is 17.9 Å². The van der Waals surface area contributed by atoms with Crippen molar-refractivity contribution in [3.63, 3.8) is 0 Å². The van der Waals surface area contributed by atoms with Crippen LogP contribution < -0.4 is 14.8 Å². The fourth-order valence-electron chi connectivity index (χ4n) is 2.01. The van der Waals surface area contributed by atoms with E-state index in [4.69, 9.17) is 19.5 Å². The van der Waals surface area contributed by atoms with Crippen LogP contribution in [0.15, 0.2) is 18.2 Å². The number of rotatable bonds is 8. The largest absolute Gasteiger partial charge is 0.493 e. The van der Waals surface area contributed by atoms with Crippen molar-refractivity contribution in [2.24, 2.45) is 5.92 Å². The summed E-state index contributed by atoms with van der Waals surface area (Å²) in [6, 6.07) is 5.90. The van der Waals surface area contributed by atoms with E-state index in [9.17, 15) is 9.59 Å². The number of nitriles is 1. The minimum atomic E-state index is -0.723. The van der Waals surface area contributed by atoms with Crippen LogP contribution in [-0.2, 0) is 14.3 Å². The number of carbonyl (C=O) groups excluding carboxylic acids is 2. The minimum absolute atomic E-state index is 0.0640. The van der Waals surface area contributed by atoms with Crippen molar-refractivity contribution in [2.45, 2.75) is 26.3 Å². The molecule has 0 saturated heterocycles. The zero-order chi connectivity index (χ0) is 18.1. The van der Waals surface area contributed by atoms with Gasteiger partial charge in [0, 0.05) is 6.07 Å². The Kier molecular flexibility index (Phi) is 7.56. The number of hydrogen-bond donors (Lipinski definition) is 1. The van der Waals surface area contributed by atoms with Gasteiger partial charge < -0.3 is 19.5 Å². The van der Waals surface area contributed by atoms with E-state index in [0.717, 1.165) is 0 Å². The lowest BCUT2D eigenvalue weighted by molar-refractivity contribution is -0.146. The summed E-state index contributed by atoms with van der Waals surface area (Å²) in [5.41, 5.74) is 0.422. The number of methoxy groups -OCH3 is 2. The van der Waals surface area contributed by atoms with Gasteiger partial charge in [0.05, 0.1) is 25.9 Å². The molecular formula is C17H22N2O5. The summed E-state index contributed by atoms with van der Waals surface area (Å²) in [7, 11) is 2.72. The number of carbonyl (C=O) groups is 2. The Hall–Kier alpha value is -2.75. The summed E-state index contributed by atoms with van der Waals surface area (Å²) in [5.74, 6) is -0.310. The number of amides is 1. The van der Waals surface area contributed by atoms with Crippen LogP contribution in [0.3, 0.4) is 0 Å². The van der Waals surface area contributed by atoms with Crippen molar-refractivity contribution in [2.75, 3.05) is 20.8 Å². The molecular weight excluding hydrogens is 312 g/mol. The first-order chi connectivity index (χ1) is 11.5. The molecule has 0 radical (unpaired) electrons. The molecule has 1 N–H and O–H groups in total. The molecule has 0 saturated carbocycles. The average Bonchev–Trinajstić information content (AvgIpc) is 2.62. The first kappa shape index (κ1) is 19.3. The zero-order valence-electron chi connectivity index (χ0n) is 14.3. The van der Waals surface area contributed by atoms with Gasteiger partial charge in [0.15, 0.2) is 18.1 Å². The van der Waals surface area contributed by atoms with Gasteiger partial charge in [-0.1, -0.05) is 20.3 Å². The molecule has 1 amide bonds. The van der Waals surface area contributed by atoms with Gasteiger partial charge in [-0.25, -0.2) is 4.79 Å². The topological polar surface area (TPSA) is 97.6 Å². The molecule has 0 bridgehead atoms. The summed E-state index contributed by atoms with van der Waals surface area (Å²) < 4.78 is 15.3. The third kappa shape index (κ3) is 5.16. The van der Waals surface area contributed by atoms with Crippen molar-refractivity contribution >= 4 is 11.9 Å². The monoisotopic (exact) mass is 334 g/mol. The summed E-state index contributed by atoms with van der Waals surface area (Å²) >= 11 is 0. The maximum atomic E-state index is 12.1. The van der Waals surface area contributed by atoms with Gasteiger partial charge >= 0.3 is 5.97 Å². The molecule has 1 aromatic rings. The van der Waals surface area contributed by atoms with Crippen LogP contribution in [0.1, 0.15) is 25.8 Å². The molecule has 1 rings (SSSR count). The van der Waals surface area contributed by atoms with Crippen molar-refractivity contribution in [3.8, 4) is 17.6 Å². The SMILES string of the molecule is CC[C@@H](C)[C@@H](NC(=O)COc1ccc(C#N)cc1OC)C(=O)OC. The van der Waals surface area contributed by atoms with E-state index in [-0.39, 0.29) is 12.5 Å². The molecule has 0 unspecified atom stereocenters. The summed E-state index contributed by atoms with van der Waals surface area (Å²) in [4.78, 5) is 23.8. The zero-order valence-corrected chi connectivity index (χ0v) is 14.3. The quantitative estimate of drug-likeness (QED) is 0.726. The Bertz CT molecular complexity index is 624. The Morgan fingerprint density at radius 3 is 2.54 bits per heavy atom. The molecule has 7 nitrogen and oxygen atoms in total. The maximum Gasteiger partial charge on any atom is 0.328 e. The molecule has 0 heterocycles. The lowest BCUT2D eigenvalue weighted by Crippen LogP contribution is -2.47. The Morgan fingerprint density at radius 1 is 1.29 bits per heavy atom. The average molecular weight is 334 g/mol. The van der Waals surface area contributed by atoms with Gasteiger partial charge in [-0.2, -0.15) is 5.26 Å². The highest BCUT2D eigenvalue weighted by atomic mass is 16.5. The van der Waals surface area contributed by atoms with Crippen LogP contribution in [0, 0.1) is 17.2 Å². The van der Waals surface area contributed by atoms with E-state index >= 15 is 0 Å². The van der Waals surface area contributed by atoms with Gasteiger partial charge in [0.1, 0.15) is 6.04 Å². The first-order valence-electron chi connectivity index (χ1n) is 7.54. The van der Waals surface area contributed by atoms with Crippen molar-refractivity contribution in [3.05, 3.63) is 23.8 Å². The lowest BCUT2D eigenvalue weighted by atomic mass is 9.99. The normalized spacial score (nSPS) is 12.5. The number of esters is 1. The standard InChI is InChI=1S/C17H22N2O5/c1-5-11(2)16(17(21)23-4)19-15(20)10-24-13-7-6-12(9-18)8-14(13)22-3/h6-8,11,16H,5,10H2,1-4H3,(H,19,20)/t11-,16-/m1/s1. The molecule has 7 heteroatoms. The molecule has 24 heavy (non-hydrogen) atoms. The fraction of sp³-hybridized carbons (Fsp3) is 0.471. The molecule has 0 spiro atoms. The van der Waals surface area contributed by atoms with Crippen LogP contribution in [0.2, 0.25) is 0 Å². The summed E-state index contributed by atoms with van der Waals surface area (Å²) in [6.07, 6.45) is 0.713. The number of hydrogen-bond acceptors (Lipinski definition) is 6. The molecule has 1 aromatic carbocycles. The van der Waals surface area contributed by atoms with Crippen molar-refractivity contribution in [1.82, 2.24) is 5.32 Å². The van der Waals surface area contributed by atoms with Gasteiger partial charge in [-0.15, -0.1) is 0 Å². The predicted molar refractivity (Wildman–Crippen MR) is 86.6 cm³/mol. The summed E-state index contributed by atoms with van der Waals surface area (Å²) in [5, 5.41) is 11.5. The van der Waals surface area contributed by atoms with Crippen LogP contribution in [0.25, 0.3) is 0 Å². The molecule has 0 fully saturated rings. The maximum absolute atomic E-state index is 12.1. The van der Waals surface area contributed by atoms with E-state index in [2.05, 4.69) is 5.32 Å². The van der Waals surface area contributed by atoms with Crippen molar-refractivity contribution in [1.29, 1.82) is 5.26 Å². The van der Waals surface area contributed by atoms with Gasteiger partial charge in [-0.3, -0.25) is 4.79 Å². The van der Waals surface area contributed by atoms with Crippen LogP contribution >= 0.6 is 0 Å². The van der Waals surface area contributed by atoms with Gasteiger partial charge in [0.25, 0.3) is 5.91 Å². The Balaban J connectivity index is 2.71. The number of nitrogens with zero attached hydrogens (tertiary/aromatic N) is 1. The molecule has 0 aliphatic heterocycles. The molecule has 0 aliphatic carbocycles. The highest BCUT2D eigenvalue weighted by Gasteiger charge is 2.26. The van der Waals surface area contributed by atoms with Gasteiger partial charge in [0.2, 0.25) is 0 Å². The second-order valence-electron chi connectivity index (χ2n) is 5.22. The number of benzene rings is 1. The molecule has 130 valence electrons. The first-order valence-corrected chi connectivity index (χ1v) is 7.54.